The summed E-state index contributed by atoms with van der Waals surface area (Å²) in [5.41, 5.74) is 0.501. The van der Waals surface area contributed by atoms with Crippen LogP contribution in [0.3, 0.4) is 0 Å². The van der Waals surface area contributed by atoms with Crippen LogP contribution in [0.25, 0.3) is 10.1 Å². The number of nitrogens with one attached hydrogen (secondary N) is 1. The third-order valence-corrected chi connectivity index (χ3v) is 5.83. The van der Waals surface area contributed by atoms with Gasteiger partial charge in [-0.05, 0) is 25.3 Å². The van der Waals surface area contributed by atoms with E-state index in [1.807, 2.05) is 24.3 Å². The van der Waals surface area contributed by atoms with Crippen molar-refractivity contribution in [3.8, 4) is 0 Å². The minimum Gasteiger partial charge on any atom is -0.462 e. The predicted molar refractivity (Wildman–Crippen MR) is 102 cm³/mol. The summed E-state index contributed by atoms with van der Waals surface area (Å²) < 4.78 is 6.41. The number of thiophene rings is 1. The molecule has 0 atom stereocenters. The van der Waals surface area contributed by atoms with Gasteiger partial charge in [0.15, 0.2) is 0 Å². The lowest BCUT2D eigenvalue weighted by atomic mass is 9.89. The number of hydrogen-bond donors (Lipinski definition) is 1. The number of amides is 1. The van der Waals surface area contributed by atoms with Gasteiger partial charge in [-0.15, -0.1) is 11.3 Å². The predicted octanol–water partition coefficient (Wildman–Crippen LogP) is 5.38. The van der Waals surface area contributed by atoms with Crippen LogP contribution in [0, 0.1) is 5.92 Å². The molecule has 134 valence electrons. The average molecular weight is 359 g/mol. The van der Waals surface area contributed by atoms with E-state index in [4.69, 9.17) is 4.74 Å². The summed E-state index contributed by atoms with van der Waals surface area (Å²) in [6.07, 6.45) is 7.12. The fraction of sp³-hybridized carbons (Fsp3) is 0.500. The molecule has 0 spiro atoms. The molecule has 0 aliphatic heterocycles. The lowest BCUT2D eigenvalue weighted by Gasteiger charge is -2.20. The van der Waals surface area contributed by atoms with Gasteiger partial charge in [0.25, 0.3) is 0 Å². The molecule has 1 fully saturated rings. The van der Waals surface area contributed by atoms with Crippen molar-refractivity contribution in [3.63, 3.8) is 0 Å². The first-order valence-corrected chi connectivity index (χ1v) is 10.0. The number of ether oxygens (including phenoxy) is 1. The van der Waals surface area contributed by atoms with Gasteiger partial charge in [-0.25, -0.2) is 4.79 Å². The Morgan fingerprint density at radius 1 is 1.20 bits per heavy atom. The van der Waals surface area contributed by atoms with Crippen molar-refractivity contribution in [1.82, 2.24) is 0 Å². The molecule has 1 aromatic carbocycles. The van der Waals surface area contributed by atoms with E-state index in [0.29, 0.717) is 17.2 Å². The minimum atomic E-state index is -0.343. The first-order chi connectivity index (χ1) is 12.2. The summed E-state index contributed by atoms with van der Waals surface area (Å²) in [5.74, 6) is -0.248. The second-order valence-electron chi connectivity index (χ2n) is 6.62. The van der Waals surface area contributed by atoms with Crippen molar-refractivity contribution in [2.45, 2.75) is 51.9 Å². The van der Waals surface area contributed by atoms with Crippen molar-refractivity contribution in [1.29, 1.82) is 0 Å². The highest BCUT2D eigenvalue weighted by molar-refractivity contribution is 7.23. The van der Waals surface area contributed by atoms with Crippen molar-refractivity contribution in [3.05, 3.63) is 29.8 Å². The van der Waals surface area contributed by atoms with Crippen molar-refractivity contribution >= 4 is 38.3 Å². The molecule has 1 aromatic heterocycles. The summed E-state index contributed by atoms with van der Waals surface area (Å²) in [4.78, 5) is 25.2. The van der Waals surface area contributed by atoms with Gasteiger partial charge in [0.05, 0.1) is 6.61 Å². The van der Waals surface area contributed by atoms with Crippen LogP contribution in [0.5, 0.6) is 0 Å². The van der Waals surface area contributed by atoms with Gasteiger partial charge in [0.1, 0.15) is 10.6 Å². The van der Waals surface area contributed by atoms with Crippen LogP contribution in [0.15, 0.2) is 24.3 Å². The van der Waals surface area contributed by atoms with Crippen LogP contribution < -0.4 is 5.32 Å². The second kappa shape index (κ2) is 8.48. The molecule has 1 heterocycles. The Labute approximate surface area is 152 Å². The molecular weight excluding hydrogens is 334 g/mol. The van der Waals surface area contributed by atoms with Crippen molar-refractivity contribution < 1.29 is 14.3 Å². The standard InChI is InChI=1S/C20H25NO3S/c1-2-3-13-24-20(23)17-15-11-7-8-12-16(15)25-19(17)21-18(22)14-9-5-4-6-10-14/h7-8,11-12,14H,2-6,9-10,13H2,1H3,(H,21,22). The molecule has 1 saturated carbocycles. The van der Waals surface area contributed by atoms with Gasteiger partial charge in [-0.2, -0.15) is 0 Å². The van der Waals surface area contributed by atoms with Crippen LogP contribution in [0.1, 0.15) is 62.2 Å². The minimum absolute atomic E-state index is 0.0360. The highest BCUT2D eigenvalue weighted by atomic mass is 32.1. The SMILES string of the molecule is CCCCOC(=O)c1c(NC(=O)C2CCCCC2)sc2ccccc12. The van der Waals surface area contributed by atoms with Crippen LogP contribution >= 0.6 is 11.3 Å². The van der Waals surface area contributed by atoms with Gasteiger partial charge < -0.3 is 10.1 Å². The summed E-state index contributed by atoms with van der Waals surface area (Å²) in [6, 6.07) is 7.74. The van der Waals surface area contributed by atoms with E-state index in [0.717, 1.165) is 48.6 Å². The topological polar surface area (TPSA) is 55.4 Å². The summed E-state index contributed by atoms with van der Waals surface area (Å²) in [6.45, 7) is 2.47. The molecule has 0 saturated heterocycles. The number of benzene rings is 1. The molecule has 4 nitrogen and oxygen atoms in total. The maximum atomic E-state index is 12.6. The zero-order valence-corrected chi connectivity index (χ0v) is 15.5. The van der Waals surface area contributed by atoms with Crippen LogP contribution in [0.4, 0.5) is 5.00 Å². The number of anilines is 1. The lowest BCUT2D eigenvalue weighted by molar-refractivity contribution is -0.120. The molecule has 0 unspecified atom stereocenters. The summed E-state index contributed by atoms with van der Waals surface area (Å²) >= 11 is 1.45. The molecule has 1 amide bonds. The fourth-order valence-electron chi connectivity index (χ4n) is 3.30. The number of carbonyl (C=O) groups excluding carboxylic acids is 2. The Balaban J connectivity index is 1.84. The van der Waals surface area contributed by atoms with Gasteiger partial charge >= 0.3 is 5.97 Å². The van der Waals surface area contributed by atoms with E-state index in [2.05, 4.69) is 12.2 Å². The summed E-state index contributed by atoms with van der Waals surface area (Å²) in [5, 5.41) is 4.50. The van der Waals surface area contributed by atoms with E-state index in [9.17, 15) is 9.59 Å². The Bertz CT molecular complexity index is 746. The monoisotopic (exact) mass is 359 g/mol. The maximum Gasteiger partial charge on any atom is 0.341 e. The van der Waals surface area contributed by atoms with E-state index >= 15 is 0 Å². The van der Waals surface area contributed by atoms with Gasteiger partial charge in [0, 0.05) is 16.0 Å². The van der Waals surface area contributed by atoms with Crippen LogP contribution in [0.2, 0.25) is 0 Å². The molecule has 0 bridgehead atoms. The van der Waals surface area contributed by atoms with Crippen LogP contribution in [-0.4, -0.2) is 18.5 Å². The van der Waals surface area contributed by atoms with E-state index in [1.165, 1.54) is 17.8 Å². The molecule has 5 heteroatoms. The maximum absolute atomic E-state index is 12.6. The molecule has 25 heavy (non-hydrogen) atoms. The molecular formula is C20H25NO3S. The fourth-order valence-corrected chi connectivity index (χ4v) is 4.39. The van der Waals surface area contributed by atoms with Crippen molar-refractivity contribution in [2.75, 3.05) is 11.9 Å². The smallest absolute Gasteiger partial charge is 0.341 e. The van der Waals surface area contributed by atoms with Gasteiger partial charge in [-0.1, -0.05) is 50.8 Å². The first-order valence-electron chi connectivity index (χ1n) is 9.20. The Morgan fingerprint density at radius 3 is 2.72 bits per heavy atom. The largest absolute Gasteiger partial charge is 0.462 e. The number of hydrogen-bond acceptors (Lipinski definition) is 4. The molecule has 3 rings (SSSR count). The Morgan fingerprint density at radius 2 is 1.96 bits per heavy atom. The first kappa shape index (κ1) is 17.9. The molecule has 2 aromatic rings. The summed E-state index contributed by atoms with van der Waals surface area (Å²) in [7, 11) is 0. The normalized spacial score (nSPS) is 15.2. The second-order valence-corrected chi connectivity index (χ2v) is 7.67. The molecule has 1 N–H and O–H groups in total. The number of carbonyl (C=O) groups is 2. The zero-order valence-electron chi connectivity index (χ0n) is 14.7. The van der Waals surface area contributed by atoms with E-state index in [-0.39, 0.29) is 17.8 Å². The number of fused-ring (bicyclic) bond motifs is 1. The van der Waals surface area contributed by atoms with Crippen molar-refractivity contribution in [2.24, 2.45) is 5.92 Å². The lowest BCUT2D eigenvalue weighted by Crippen LogP contribution is -2.25. The number of unbranched alkanes of at least 4 members (excludes halogenated alkanes) is 1. The van der Waals surface area contributed by atoms with E-state index < -0.39 is 0 Å². The van der Waals surface area contributed by atoms with Gasteiger partial charge in [-0.3, -0.25) is 4.79 Å². The number of rotatable bonds is 6. The zero-order chi connectivity index (χ0) is 17.6. The highest BCUT2D eigenvalue weighted by Crippen LogP contribution is 2.37. The molecule has 1 aliphatic rings. The molecule has 0 radical (unpaired) electrons. The van der Waals surface area contributed by atoms with Crippen LogP contribution in [-0.2, 0) is 9.53 Å². The highest BCUT2D eigenvalue weighted by Gasteiger charge is 2.25. The average Bonchev–Trinajstić information content (AvgIpc) is 3.00. The Kier molecular flexibility index (Phi) is 6.08. The van der Waals surface area contributed by atoms with Gasteiger partial charge in [0.2, 0.25) is 5.91 Å². The third kappa shape index (κ3) is 4.21. The number of esters is 1. The molecule has 1 aliphatic carbocycles. The Hall–Kier alpha value is -1.88. The third-order valence-electron chi connectivity index (χ3n) is 4.74. The van der Waals surface area contributed by atoms with E-state index in [1.54, 1.807) is 0 Å². The quantitative estimate of drug-likeness (QED) is 0.557.